The van der Waals surface area contributed by atoms with E-state index in [1.165, 1.54) is 12.8 Å². The number of amides is 3. The second-order valence-electron chi connectivity index (χ2n) is 6.82. The van der Waals surface area contributed by atoms with Crippen LogP contribution < -0.4 is 10.6 Å². The second kappa shape index (κ2) is 9.75. The van der Waals surface area contributed by atoms with E-state index in [-0.39, 0.29) is 11.9 Å². The molecular formula is C20H27N5O2. The van der Waals surface area contributed by atoms with Gasteiger partial charge in [0, 0.05) is 49.8 Å². The van der Waals surface area contributed by atoms with Gasteiger partial charge in [0.2, 0.25) is 0 Å². The number of nitrogens with zero attached hydrogens (tertiary/aromatic N) is 3. The van der Waals surface area contributed by atoms with E-state index in [1.54, 1.807) is 36.8 Å². The predicted octanol–water partition coefficient (Wildman–Crippen LogP) is 3.11. The molecule has 27 heavy (non-hydrogen) atoms. The highest BCUT2D eigenvalue weighted by molar-refractivity contribution is 5.95. The molecule has 1 aliphatic rings. The summed E-state index contributed by atoms with van der Waals surface area (Å²) in [6.45, 7) is 3.06. The average Bonchev–Trinajstić information content (AvgIpc) is 3.05. The Bertz CT molecular complexity index is 719. The van der Waals surface area contributed by atoms with Gasteiger partial charge >= 0.3 is 6.03 Å². The summed E-state index contributed by atoms with van der Waals surface area (Å²) in [6.07, 6.45) is 10.8. The van der Waals surface area contributed by atoms with Crippen LogP contribution in [-0.2, 0) is 6.54 Å². The van der Waals surface area contributed by atoms with Gasteiger partial charge in [-0.2, -0.15) is 0 Å². The maximum atomic E-state index is 12.6. The molecule has 0 saturated carbocycles. The van der Waals surface area contributed by atoms with Crippen LogP contribution in [0.2, 0.25) is 0 Å². The first-order valence-electron chi connectivity index (χ1n) is 9.62. The largest absolute Gasteiger partial charge is 0.339 e. The first-order valence-corrected chi connectivity index (χ1v) is 9.62. The van der Waals surface area contributed by atoms with Crippen molar-refractivity contribution in [3.8, 4) is 0 Å². The molecule has 1 saturated heterocycles. The van der Waals surface area contributed by atoms with E-state index in [9.17, 15) is 9.59 Å². The fourth-order valence-electron chi connectivity index (χ4n) is 3.21. The number of hydrogen-bond donors (Lipinski definition) is 2. The number of urea groups is 1. The Morgan fingerprint density at radius 3 is 2.44 bits per heavy atom. The van der Waals surface area contributed by atoms with Crippen molar-refractivity contribution in [2.45, 2.75) is 38.6 Å². The Balaban J connectivity index is 1.42. The fourth-order valence-corrected chi connectivity index (χ4v) is 3.21. The van der Waals surface area contributed by atoms with Crippen LogP contribution in [0.5, 0.6) is 0 Å². The number of benzene rings is 1. The van der Waals surface area contributed by atoms with Gasteiger partial charge in [-0.15, -0.1) is 0 Å². The van der Waals surface area contributed by atoms with Crippen molar-refractivity contribution < 1.29 is 9.59 Å². The molecule has 1 aromatic carbocycles. The lowest BCUT2D eigenvalue weighted by Crippen LogP contribution is -2.32. The molecule has 3 amide bonds. The Morgan fingerprint density at radius 1 is 1.04 bits per heavy atom. The average molecular weight is 369 g/mol. The summed E-state index contributed by atoms with van der Waals surface area (Å²) in [5.74, 6) is 0.0763. The number of anilines is 1. The van der Waals surface area contributed by atoms with E-state index in [4.69, 9.17) is 0 Å². The van der Waals surface area contributed by atoms with Crippen LogP contribution in [-0.4, -0.2) is 46.0 Å². The number of carbonyl (C=O) groups excluding carboxylic acids is 2. The van der Waals surface area contributed by atoms with E-state index in [0.717, 1.165) is 38.9 Å². The van der Waals surface area contributed by atoms with Gasteiger partial charge in [0.1, 0.15) is 0 Å². The van der Waals surface area contributed by atoms with Crippen molar-refractivity contribution in [3.05, 3.63) is 48.5 Å². The monoisotopic (exact) mass is 369 g/mol. The third-order valence-corrected chi connectivity index (χ3v) is 4.72. The summed E-state index contributed by atoms with van der Waals surface area (Å²) in [6, 6.07) is 6.86. The molecule has 2 heterocycles. The van der Waals surface area contributed by atoms with Crippen molar-refractivity contribution >= 4 is 17.6 Å². The lowest BCUT2D eigenvalue weighted by molar-refractivity contribution is 0.0761. The Morgan fingerprint density at radius 2 is 1.78 bits per heavy atom. The van der Waals surface area contributed by atoms with Gasteiger partial charge in [0.25, 0.3) is 5.91 Å². The SMILES string of the molecule is O=C(NCCCn1ccnc1)Nc1ccc(C(=O)N2CCCCCC2)cc1. The summed E-state index contributed by atoms with van der Waals surface area (Å²) >= 11 is 0. The highest BCUT2D eigenvalue weighted by atomic mass is 16.2. The number of aromatic nitrogens is 2. The molecule has 0 bridgehead atoms. The zero-order chi connectivity index (χ0) is 18.9. The second-order valence-corrected chi connectivity index (χ2v) is 6.82. The van der Waals surface area contributed by atoms with Crippen molar-refractivity contribution in [2.75, 3.05) is 25.0 Å². The van der Waals surface area contributed by atoms with Gasteiger partial charge in [-0.05, 0) is 43.5 Å². The molecule has 7 nitrogen and oxygen atoms in total. The summed E-state index contributed by atoms with van der Waals surface area (Å²) < 4.78 is 1.97. The molecule has 0 aliphatic carbocycles. The summed E-state index contributed by atoms with van der Waals surface area (Å²) in [4.78, 5) is 30.5. The molecule has 144 valence electrons. The molecule has 2 N–H and O–H groups in total. The molecular weight excluding hydrogens is 342 g/mol. The minimum absolute atomic E-state index is 0.0763. The molecule has 1 aromatic heterocycles. The van der Waals surface area contributed by atoms with Crippen LogP contribution in [0.3, 0.4) is 0 Å². The summed E-state index contributed by atoms with van der Waals surface area (Å²) in [5.41, 5.74) is 1.35. The number of hydrogen-bond acceptors (Lipinski definition) is 3. The summed E-state index contributed by atoms with van der Waals surface area (Å²) in [5, 5.41) is 5.63. The number of likely N-dealkylation sites (tertiary alicyclic amines) is 1. The lowest BCUT2D eigenvalue weighted by atomic mass is 10.1. The predicted molar refractivity (Wildman–Crippen MR) is 105 cm³/mol. The molecule has 1 fully saturated rings. The number of imidazole rings is 1. The number of rotatable bonds is 6. The summed E-state index contributed by atoms with van der Waals surface area (Å²) in [7, 11) is 0. The minimum atomic E-state index is -0.243. The van der Waals surface area contributed by atoms with E-state index in [0.29, 0.717) is 17.8 Å². The minimum Gasteiger partial charge on any atom is -0.339 e. The van der Waals surface area contributed by atoms with Crippen molar-refractivity contribution in [1.82, 2.24) is 19.8 Å². The van der Waals surface area contributed by atoms with Crippen molar-refractivity contribution in [1.29, 1.82) is 0 Å². The van der Waals surface area contributed by atoms with Gasteiger partial charge in [0.15, 0.2) is 0 Å². The zero-order valence-electron chi connectivity index (χ0n) is 15.6. The van der Waals surface area contributed by atoms with Crippen LogP contribution in [0.4, 0.5) is 10.5 Å². The number of nitrogens with one attached hydrogen (secondary N) is 2. The van der Waals surface area contributed by atoms with Crippen molar-refractivity contribution in [3.63, 3.8) is 0 Å². The van der Waals surface area contributed by atoms with E-state index >= 15 is 0 Å². The molecule has 0 atom stereocenters. The molecule has 1 aliphatic heterocycles. The van der Waals surface area contributed by atoms with Gasteiger partial charge in [0.05, 0.1) is 6.33 Å². The zero-order valence-corrected chi connectivity index (χ0v) is 15.6. The van der Waals surface area contributed by atoms with Gasteiger partial charge in [-0.1, -0.05) is 12.8 Å². The third kappa shape index (κ3) is 5.84. The Hall–Kier alpha value is -2.83. The molecule has 2 aromatic rings. The highest BCUT2D eigenvalue weighted by Crippen LogP contribution is 2.15. The first-order chi connectivity index (χ1) is 13.2. The third-order valence-electron chi connectivity index (χ3n) is 4.72. The van der Waals surface area contributed by atoms with Crippen LogP contribution >= 0.6 is 0 Å². The van der Waals surface area contributed by atoms with Gasteiger partial charge in [-0.25, -0.2) is 9.78 Å². The highest BCUT2D eigenvalue weighted by Gasteiger charge is 2.17. The molecule has 3 rings (SSSR count). The first kappa shape index (κ1) is 18.9. The Kier molecular flexibility index (Phi) is 6.84. The van der Waals surface area contributed by atoms with Crippen LogP contribution in [0, 0.1) is 0 Å². The van der Waals surface area contributed by atoms with Crippen molar-refractivity contribution in [2.24, 2.45) is 0 Å². The maximum absolute atomic E-state index is 12.6. The topological polar surface area (TPSA) is 79.3 Å². The number of carbonyl (C=O) groups is 2. The quantitative estimate of drug-likeness (QED) is 0.768. The maximum Gasteiger partial charge on any atom is 0.319 e. The molecule has 7 heteroatoms. The lowest BCUT2D eigenvalue weighted by Gasteiger charge is -2.20. The van der Waals surface area contributed by atoms with Crippen LogP contribution in [0.1, 0.15) is 42.5 Å². The van der Waals surface area contributed by atoms with Gasteiger partial charge < -0.3 is 20.1 Å². The molecule has 0 unspecified atom stereocenters. The van der Waals surface area contributed by atoms with E-state index < -0.39 is 0 Å². The fraction of sp³-hybridized carbons (Fsp3) is 0.450. The van der Waals surface area contributed by atoms with Crippen LogP contribution in [0.15, 0.2) is 43.0 Å². The smallest absolute Gasteiger partial charge is 0.319 e. The van der Waals surface area contributed by atoms with E-state index in [1.807, 2.05) is 15.7 Å². The van der Waals surface area contributed by atoms with Crippen LogP contribution in [0.25, 0.3) is 0 Å². The number of aryl methyl sites for hydroxylation is 1. The normalized spacial score (nSPS) is 14.4. The molecule has 0 radical (unpaired) electrons. The van der Waals surface area contributed by atoms with Gasteiger partial charge in [-0.3, -0.25) is 4.79 Å². The standard InChI is InChI=1S/C20H27N5O2/c26-19(25-13-3-1-2-4-14-25)17-6-8-18(9-7-17)23-20(27)22-10-5-12-24-15-11-21-16-24/h6-9,11,15-16H,1-5,10,12-14H2,(H2,22,23,27). The van der Waals surface area contributed by atoms with E-state index in [2.05, 4.69) is 15.6 Å². The Labute approximate surface area is 159 Å². The molecule has 0 spiro atoms.